The number of anilines is 1. The van der Waals surface area contributed by atoms with Crippen molar-refractivity contribution < 1.29 is 23.4 Å². The second-order valence-corrected chi connectivity index (χ2v) is 5.09. The summed E-state index contributed by atoms with van der Waals surface area (Å²) >= 11 is 0. The number of hydrogen-bond acceptors (Lipinski definition) is 5. The van der Waals surface area contributed by atoms with Crippen LogP contribution in [0.5, 0.6) is 17.2 Å². The number of ether oxygens (including phenoxy) is 3. The summed E-state index contributed by atoms with van der Waals surface area (Å²) in [6, 6.07) is 10.3. The lowest BCUT2D eigenvalue weighted by Crippen LogP contribution is -2.13. The Morgan fingerprint density at radius 2 is 1.65 bits per heavy atom. The molecule has 2 aromatic carbocycles. The van der Waals surface area contributed by atoms with Gasteiger partial charge in [-0.2, -0.15) is 5.26 Å². The summed E-state index contributed by atoms with van der Waals surface area (Å²) < 4.78 is 28.7. The van der Waals surface area contributed by atoms with E-state index in [9.17, 15) is 14.4 Å². The maximum absolute atomic E-state index is 12.9. The van der Waals surface area contributed by atoms with E-state index in [1.165, 1.54) is 51.7 Å². The monoisotopic (exact) mass is 356 g/mol. The van der Waals surface area contributed by atoms with Crippen LogP contribution in [0.25, 0.3) is 6.08 Å². The zero-order valence-electron chi connectivity index (χ0n) is 14.5. The largest absolute Gasteiger partial charge is 0.493 e. The van der Waals surface area contributed by atoms with Gasteiger partial charge in [0.15, 0.2) is 11.5 Å². The molecule has 0 bridgehead atoms. The predicted molar refractivity (Wildman–Crippen MR) is 94.7 cm³/mol. The summed E-state index contributed by atoms with van der Waals surface area (Å²) in [5.41, 5.74) is 0.761. The van der Waals surface area contributed by atoms with E-state index >= 15 is 0 Å². The molecule has 0 fully saturated rings. The number of hydrogen-bond donors (Lipinski definition) is 1. The van der Waals surface area contributed by atoms with Crippen molar-refractivity contribution in [2.45, 2.75) is 0 Å². The molecule has 0 radical (unpaired) electrons. The van der Waals surface area contributed by atoms with Crippen molar-refractivity contribution in [3.05, 3.63) is 53.4 Å². The topological polar surface area (TPSA) is 80.6 Å². The molecule has 0 atom stereocenters. The quantitative estimate of drug-likeness (QED) is 0.634. The van der Waals surface area contributed by atoms with Gasteiger partial charge in [0.05, 0.1) is 21.3 Å². The van der Waals surface area contributed by atoms with Gasteiger partial charge in [0, 0.05) is 5.69 Å². The zero-order valence-corrected chi connectivity index (χ0v) is 14.5. The molecule has 26 heavy (non-hydrogen) atoms. The Labute approximate surface area is 150 Å². The van der Waals surface area contributed by atoms with Crippen molar-refractivity contribution in [3.63, 3.8) is 0 Å². The Morgan fingerprint density at radius 1 is 1.08 bits per heavy atom. The van der Waals surface area contributed by atoms with Crippen LogP contribution in [0, 0.1) is 17.1 Å². The Hall–Kier alpha value is -3.53. The van der Waals surface area contributed by atoms with Crippen molar-refractivity contribution in [1.29, 1.82) is 5.26 Å². The SMILES string of the molecule is COc1cc(/C=C(\C#N)C(=O)Nc2ccc(F)cc2)cc(OC)c1OC. The van der Waals surface area contributed by atoms with Gasteiger partial charge in [-0.15, -0.1) is 0 Å². The van der Waals surface area contributed by atoms with Gasteiger partial charge < -0.3 is 19.5 Å². The highest BCUT2D eigenvalue weighted by Crippen LogP contribution is 2.38. The van der Waals surface area contributed by atoms with Crippen molar-refractivity contribution in [3.8, 4) is 23.3 Å². The lowest BCUT2D eigenvalue weighted by molar-refractivity contribution is -0.112. The molecule has 2 rings (SSSR count). The first-order valence-corrected chi connectivity index (χ1v) is 7.51. The van der Waals surface area contributed by atoms with Gasteiger partial charge in [-0.05, 0) is 48.0 Å². The summed E-state index contributed by atoms with van der Waals surface area (Å²) in [6.07, 6.45) is 1.39. The maximum Gasteiger partial charge on any atom is 0.266 e. The summed E-state index contributed by atoms with van der Waals surface area (Å²) in [7, 11) is 4.42. The molecule has 0 heterocycles. The normalized spacial score (nSPS) is 10.7. The minimum Gasteiger partial charge on any atom is -0.493 e. The van der Waals surface area contributed by atoms with Crippen LogP contribution in [0.3, 0.4) is 0 Å². The number of nitrogens with zero attached hydrogens (tertiary/aromatic N) is 1. The fourth-order valence-electron chi connectivity index (χ4n) is 2.23. The highest BCUT2D eigenvalue weighted by atomic mass is 19.1. The average molecular weight is 356 g/mol. The molecule has 0 aromatic heterocycles. The predicted octanol–water partition coefficient (Wildman–Crippen LogP) is 3.40. The first-order valence-electron chi connectivity index (χ1n) is 7.51. The second-order valence-electron chi connectivity index (χ2n) is 5.09. The number of halogens is 1. The fourth-order valence-corrected chi connectivity index (χ4v) is 2.23. The zero-order chi connectivity index (χ0) is 19.1. The van der Waals surface area contributed by atoms with Crippen LogP contribution in [0.1, 0.15) is 5.56 Å². The molecular weight excluding hydrogens is 339 g/mol. The molecule has 1 amide bonds. The Bertz CT molecular complexity index is 845. The van der Waals surface area contributed by atoms with E-state index in [4.69, 9.17) is 14.2 Å². The van der Waals surface area contributed by atoms with Gasteiger partial charge in [0.2, 0.25) is 5.75 Å². The van der Waals surface area contributed by atoms with Gasteiger partial charge in [0.1, 0.15) is 17.5 Å². The highest BCUT2D eigenvalue weighted by molar-refractivity contribution is 6.09. The Morgan fingerprint density at radius 3 is 2.12 bits per heavy atom. The molecule has 0 aliphatic heterocycles. The van der Waals surface area contributed by atoms with Crippen LogP contribution in [-0.4, -0.2) is 27.2 Å². The molecule has 1 N–H and O–H groups in total. The standard InChI is InChI=1S/C19H17FN2O4/c1-24-16-9-12(10-17(25-2)18(16)26-3)8-13(11-21)19(23)22-15-6-4-14(20)5-7-15/h4-10H,1-3H3,(H,22,23)/b13-8+. The van der Waals surface area contributed by atoms with E-state index in [1.807, 2.05) is 6.07 Å². The van der Waals surface area contributed by atoms with Crippen LogP contribution in [-0.2, 0) is 4.79 Å². The van der Waals surface area contributed by atoms with Gasteiger partial charge >= 0.3 is 0 Å². The second kappa shape index (κ2) is 8.53. The smallest absolute Gasteiger partial charge is 0.266 e. The van der Waals surface area contributed by atoms with Crippen LogP contribution < -0.4 is 19.5 Å². The molecule has 0 saturated carbocycles. The maximum atomic E-state index is 12.9. The van der Waals surface area contributed by atoms with Crippen LogP contribution in [0.15, 0.2) is 42.0 Å². The molecule has 6 nitrogen and oxygen atoms in total. The Kier molecular flexibility index (Phi) is 6.17. The third-order valence-electron chi connectivity index (χ3n) is 3.47. The third-order valence-corrected chi connectivity index (χ3v) is 3.47. The van der Waals surface area contributed by atoms with Crippen LogP contribution >= 0.6 is 0 Å². The van der Waals surface area contributed by atoms with E-state index < -0.39 is 11.7 Å². The van der Waals surface area contributed by atoms with E-state index in [0.717, 1.165) is 0 Å². The number of nitrogens with one attached hydrogen (secondary N) is 1. The summed E-state index contributed by atoms with van der Waals surface area (Å²) in [5, 5.41) is 11.8. The number of carbonyl (C=O) groups is 1. The van der Waals surface area contributed by atoms with Gasteiger partial charge in [0.25, 0.3) is 5.91 Å². The summed E-state index contributed by atoms with van der Waals surface area (Å²) in [6.45, 7) is 0. The average Bonchev–Trinajstić information content (AvgIpc) is 2.66. The minimum absolute atomic E-state index is 0.136. The molecule has 134 valence electrons. The van der Waals surface area contributed by atoms with E-state index in [0.29, 0.717) is 28.5 Å². The molecule has 7 heteroatoms. The van der Waals surface area contributed by atoms with E-state index in [-0.39, 0.29) is 5.57 Å². The number of benzene rings is 2. The third kappa shape index (κ3) is 4.30. The molecule has 0 spiro atoms. The van der Waals surface area contributed by atoms with Crippen molar-refractivity contribution in [1.82, 2.24) is 0 Å². The van der Waals surface area contributed by atoms with Crippen molar-refractivity contribution in [2.24, 2.45) is 0 Å². The molecule has 0 saturated heterocycles. The number of carbonyl (C=O) groups excluding carboxylic acids is 1. The van der Waals surface area contributed by atoms with Crippen LogP contribution in [0.4, 0.5) is 10.1 Å². The first kappa shape index (κ1) is 18.8. The molecule has 2 aromatic rings. The molecule has 0 unspecified atom stereocenters. The molecule has 0 aliphatic carbocycles. The summed E-state index contributed by atoms with van der Waals surface area (Å²) in [4.78, 5) is 12.3. The summed E-state index contributed by atoms with van der Waals surface area (Å²) in [5.74, 6) is 0.161. The van der Waals surface area contributed by atoms with Crippen LogP contribution in [0.2, 0.25) is 0 Å². The first-order chi connectivity index (χ1) is 12.5. The lowest BCUT2D eigenvalue weighted by Gasteiger charge is -2.13. The number of methoxy groups -OCH3 is 3. The van der Waals surface area contributed by atoms with Crippen molar-refractivity contribution >= 4 is 17.7 Å². The molecule has 0 aliphatic rings. The highest BCUT2D eigenvalue weighted by Gasteiger charge is 2.15. The lowest BCUT2D eigenvalue weighted by atomic mass is 10.1. The number of nitriles is 1. The minimum atomic E-state index is -0.618. The Balaban J connectivity index is 2.34. The fraction of sp³-hybridized carbons (Fsp3) is 0.158. The van der Waals surface area contributed by atoms with Gasteiger partial charge in [-0.3, -0.25) is 4.79 Å². The number of amides is 1. The van der Waals surface area contributed by atoms with E-state index in [2.05, 4.69) is 5.32 Å². The number of rotatable bonds is 6. The van der Waals surface area contributed by atoms with Gasteiger partial charge in [-0.25, -0.2) is 4.39 Å². The van der Waals surface area contributed by atoms with E-state index in [1.54, 1.807) is 12.1 Å². The van der Waals surface area contributed by atoms with Crippen molar-refractivity contribution in [2.75, 3.05) is 26.6 Å². The van der Waals surface area contributed by atoms with Gasteiger partial charge in [-0.1, -0.05) is 0 Å². The molecular formula is C19H17FN2O4.